The first-order valence-corrected chi connectivity index (χ1v) is 8.96. The van der Waals surface area contributed by atoms with Crippen molar-refractivity contribution in [1.29, 1.82) is 0 Å². The fourth-order valence-electron chi connectivity index (χ4n) is 2.87. The lowest BCUT2D eigenvalue weighted by Gasteiger charge is -2.05. The second-order valence-electron chi connectivity index (χ2n) is 6.48. The zero-order valence-corrected chi connectivity index (χ0v) is 15.9. The number of anilines is 1. The van der Waals surface area contributed by atoms with Crippen LogP contribution >= 0.6 is 0 Å². The molecule has 0 bridgehead atoms. The Hall–Kier alpha value is -4.07. The monoisotopic (exact) mass is 386 g/mol. The van der Waals surface area contributed by atoms with E-state index in [1.807, 2.05) is 30.3 Å². The normalized spacial score (nSPS) is 10.7. The first kappa shape index (κ1) is 18.3. The summed E-state index contributed by atoms with van der Waals surface area (Å²) in [5.41, 5.74) is 2.57. The van der Waals surface area contributed by atoms with E-state index >= 15 is 0 Å². The van der Waals surface area contributed by atoms with Gasteiger partial charge in [-0.1, -0.05) is 18.2 Å². The van der Waals surface area contributed by atoms with Gasteiger partial charge < -0.3 is 9.88 Å². The summed E-state index contributed by atoms with van der Waals surface area (Å²) in [5.74, 6) is -0.195. The van der Waals surface area contributed by atoms with Crippen molar-refractivity contribution in [3.8, 4) is 5.69 Å². The number of imidazole rings is 1. The van der Waals surface area contributed by atoms with E-state index < -0.39 is 0 Å². The standard InChI is InChI=1S/C21H18N6O2/c1-14-18(25-27(24-14)17-6-4-3-5-7-17)21(29)23-16-10-8-15(9-11-16)19(28)20-22-12-13-26(20)2/h3-13H,1-2H3,(H,23,29). The highest BCUT2D eigenvalue weighted by atomic mass is 16.2. The lowest BCUT2D eigenvalue weighted by Crippen LogP contribution is -2.14. The van der Waals surface area contributed by atoms with Gasteiger partial charge in [-0.05, 0) is 43.3 Å². The highest BCUT2D eigenvalue weighted by Crippen LogP contribution is 2.15. The van der Waals surface area contributed by atoms with E-state index in [0.29, 0.717) is 22.8 Å². The SMILES string of the molecule is Cc1nn(-c2ccccc2)nc1C(=O)Nc1ccc(C(=O)c2nccn2C)cc1. The molecule has 2 aromatic heterocycles. The number of aromatic nitrogens is 5. The lowest BCUT2D eigenvalue weighted by atomic mass is 10.1. The van der Waals surface area contributed by atoms with Gasteiger partial charge in [0.05, 0.1) is 11.4 Å². The first-order chi connectivity index (χ1) is 14.0. The topological polar surface area (TPSA) is 94.7 Å². The van der Waals surface area contributed by atoms with Crippen molar-refractivity contribution >= 4 is 17.4 Å². The minimum absolute atomic E-state index is 0.183. The third-order valence-electron chi connectivity index (χ3n) is 4.41. The van der Waals surface area contributed by atoms with Crippen molar-refractivity contribution in [2.24, 2.45) is 7.05 Å². The molecule has 4 aromatic rings. The van der Waals surface area contributed by atoms with Crippen LogP contribution in [0.4, 0.5) is 5.69 Å². The molecule has 1 N–H and O–H groups in total. The molecule has 2 heterocycles. The Morgan fingerprint density at radius 1 is 0.966 bits per heavy atom. The van der Waals surface area contributed by atoms with Crippen molar-refractivity contribution in [2.45, 2.75) is 6.92 Å². The molecular formula is C21H18N6O2. The van der Waals surface area contributed by atoms with Gasteiger partial charge in [0.1, 0.15) is 0 Å². The Morgan fingerprint density at radius 2 is 1.69 bits per heavy atom. The summed E-state index contributed by atoms with van der Waals surface area (Å²) in [6.45, 7) is 1.73. The number of nitrogens with one attached hydrogen (secondary N) is 1. The summed E-state index contributed by atoms with van der Waals surface area (Å²) in [7, 11) is 1.76. The van der Waals surface area contributed by atoms with E-state index in [1.54, 1.807) is 55.2 Å². The van der Waals surface area contributed by atoms with Crippen LogP contribution in [-0.4, -0.2) is 36.2 Å². The maximum atomic E-state index is 12.6. The average Bonchev–Trinajstić information content (AvgIpc) is 3.34. The van der Waals surface area contributed by atoms with Crippen molar-refractivity contribution < 1.29 is 9.59 Å². The highest BCUT2D eigenvalue weighted by Gasteiger charge is 2.17. The molecule has 0 aliphatic carbocycles. The maximum absolute atomic E-state index is 12.6. The zero-order chi connectivity index (χ0) is 20.4. The van der Waals surface area contributed by atoms with Crippen molar-refractivity contribution in [1.82, 2.24) is 24.5 Å². The average molecular weight is 386 g/mol. The minimum atomic E-state index is -0.368. The van der Waals surface area contributed by atoms with Gasteiger partial charge >= 0.3 is 0 Å². The summed E-state index contributed by atoms with van der Waals surface area (Å²) in [5, 5.41) is 11.4. The Kier molecular flexibility index (Phi) is 4.74. The summed E-state index contributed by atoms with van der Waals surface area (Å²) in [6.07, 6.45) is 3.29. The van der Waals surface area contributed by atoms with Gasteiger partial charge in [0.2, 0.25) is 5.78 Å². The van der Waals surface area contributed by atoms with Crippen LogP contribution in [0, 0.1) is 6.92 Å². The molecule has 144 valence electrons. The molecule has 0 aliphatic rings. The van der Waals surface area contributed by atoms with Gasteiger partial charge in [-0.15, -0.1) is 5.10 Å². The molecule has 0 saturated carbocycles. The number of ketones is 1. The summed E-state index contributed by atoms with van der Waals surface area (Å²) >= 11 is 0. The zero-order valence-electron chi connectivity index (χ0n) is 15.9. The van der Waals surface area contributed by atoms with Crippen LogP contribution in [0.2, 0.25) is 0 Å². The molecule has 0 atom stereocenters. The van der Waals surface area contributed by atoms with E-state index in [9.17, 15) is 9.59 Å². The number of aryl methyl sites for hydroxylation is 2. The van der Waals surface area contributed by atoms with Crippen LogP contribution < -0.4 is 5.32 Å². The Bertz CT molecular complexity index is 1180. The number of nitrogens with zero attached hydrogens (tertiary/aromatic N) is 5. The van der Waals surface area contributed by atoms with Gasteiger partial charge in [-0.2, -0.15) is 9.90 Å². The second kappa shape index (κ2) is 7.51. The predicted molar refractivity (Wildman–Crippen MR) is 107 cm³/mol. The minimum Gasteiger partial charge on any atom is -0.331 e. The van der Waals surface area contributed by atoms with Crippen molar-refractivity contribution in [3.05, 3.63) is 89.8 Å². The maximum Gasteiger partial charge on any atom is 0.278 e. The van der Waals surface area contributed by atoms with E-state index in [4.69, 9.17) is 0 Å². The molecule has 29 heavy (non-hydrogen) atoms. The molecule has 0 aliphatic heterocycles. The Labute approximate surface area is 166 Å². The van der Waals surface area contributed by atoms with E-state index in [-0.39, 0.29) is 17.4 Å². The predicted octanol–water partition coefficient (Wildman–Crippen LogP) is 2.79. The van der Waals surface area contributed by atoms with Crippen LogP contribution in [0.25, 0.3) is 5.69 Å². The number of carbonyl (C=O) groups is 2. The summed E-state index contributed by atoms with van der Waals surface area (Å²) in [4.78, 5) is 30.6. The van der Waals surface area contributed by atoms with Gasteiger partial charge in [-0.3, -0.25) is 9.59 Å². The summed E-state index contributed by atoms with van der Waals surface area (Å²) in [6, 6.07) is 16.0. The highest BCUT2D eigenvalue weighted by molar-refractivity contribution is 6.07. The smallest absolute Gasteiger partial charge is 0.278 e. The molecule has 0 fully saturated rings. The number of carbonyl (C=O) groups excluding carboxylic acids is 2. The van der Waals surface area contributed by atoms with E-state index in [2.05, 4.69) is 20.5 Å². The summed E-state index contributed by atoms with van der Waals surface area (Å²) < 4.78 is 1.66. The molecule has 0 radical (unpaired) electrons. The molecule has 0 unspecified atom stereocenters. The molecule has 4 rings (SSSR count). The third kappa shape index (κ3) is 3.68. The van der Waals surface area contributed by atoms with Crippen molar-refractivity contribution in [2.75, 3.05) is 5.32 Å². The lowest BCUT2D eigenvalue weighted by molar-refractivity contribution is 0.101. The fraction of sp³-hybridized carbons (Fsp3) is 0.0952. The molecule has 8 nitrogen and oxygen atoms in total. The Balaban J connectivity index is 1.50. The molecule has 8 heteroatoms. The van der Waals surface area contributed by atoms with Gasteiger partial charge in [0.15, 0.2) is 11.5 Å². The van der Waals surface area contributed by atoms with Gasteiger partial charge in [0.25, 0.3) is 5.91 Å². The fourth-order valence-corrected chi connectivity index (χ4v) is 2.87. The number of hydrogen-bond donors (Lipinski definition) is 1. The largest absolute Gasteiger partial charge is 0.331 e. The van der Waals surface area contributed by atoms with Crippen LogP contribution in [0.1, 0.15) is 32.4 Å². The Morgan fingerprint density at radius 3 is 2.34 bits per heavy atom. The van der Waals surface area contributed by atoms with Gasteiger partial charge in [-0.25, -0.2) is 4.98 Å². The first-order valence-electron chi connectivity index (χ1n) is 8.96. The second-order valence-corrected chi connectivity index (χ2v) is 6.48. The quantitative estimate of drug-likeness (QED) is 0.532. The molecule has 2 aromatic carbocycles. The molecule has 0 spiro atoms. The van der Waals surface area contributed by atoms with Crippen LogP contribution in [0.3, 0.4) is 0 Å². The number of hydrogen-bond acceptors (Lipinski definition) is 5. The molecule has 0 saturated heterocycles. The molecule has 1 amide bonds. The van der Waals surface area contributed by atoms with E-state index in [0.717, 1.165) is 5.69 Å². The van der Waals surface area contributed by atoms with Crippen LogP contribution in [0.15, 0.2) is 67.0 Å². The molecular weight excluding hydrogens is 368 g/mol. The van der Waals surface area contributed by atoms with Crippen LogP contribution in [0.5, 0.6) is 0 Å². The number of amides is 1. The number of benzene rings is 2. The van der Waals surface area contributed by atoms with E-state index in [1.165, 1.54) is 4.80 Å². The number of para-hydroxylation sites is 1. The van der Waals surface area contributed by atoms with Gasteiger partial charge in [0, 0.05) is 30.7 Å². The third-order valence-corrected chi connectivity index (χ3v) is 4.41. The number of rotatable bonds is 5. The van der Waals surface area contributed by atoms with Crippen molar-refractivity contribution in [3.63, 3.8) is 0 Å². The van der Waals surface area contributed by atoms with Crippen LogP contribution in [-0.2, 0) is 7.05 Å².